The third-order valence-electron chi connectivity index (χ3n) is 1.64. The number of hydrogen-bond acceptors (Lipinski definition) is 4. The predicted molar refractivity (Wildman–Crippen MR) is 71.1 cm³/mol. The van der Waals surface area contributed by atoms with Gasteiger partial charge in [0.05, 0.1) is 25.7 Å². The quantitative estimate of drug-likeness (QED) is 0.338. The molecule has 0 aromatic rings. The van der Waals surface area contributed by atoms with E-state index in [4.69, 9.17) is 15.2 Å². The molecule has 3 N–H and O–H groups in total. The van der Waals surface area contributed by atoms with Crippen molar-refractivity contribution in [2.45, 2.75) is 26.4 Å². The van der Waals surface area contributed by atoms with E-state index in [0.717, 1.165) is 6.34 Å². The van der Waals surface area contributed by atoms with Gasteiger partial charge in [0, 0.05) is 6.08 Å². The van der Waals surface area contributed by atoms with Crippen molar-refractivity contribution in [2.24, 2.45) is 10.7 Å². The van der Waals surface area contributed by atoms with Crippen molar-refractivity contribution in [3.63, 3.8) is 0 Å². The molecule has 0 rings (SSSR count). The molecule has 0 fully saturated rings. The van der Waals surface area contributed by atoms with Gasteiger partial charge in [0.2, 0.25) is 0 Å². The molecule has 0 aromatic heterocycles. The number of nitrogens with two attached hydrogens (primary N) is 1. The van der Waals surface area contributed by atoms with Crippen molar-refractivity contribution in [1.29, 1.82) is 0 Å². The first-order chi connectivity index (χ1) is 8.28. The Morgan fingerprint density at radius 2 is 2.11 bits per heavy atom. The molecule has 6 heteroatoms. The smallest absolute Gasteiger partial charge is 0.407 e. The molecule has 102 valence electrons. The molecule has 0 saturated carbocycles. The summed E-state index contributed by atoms with van der Waals surface area (Å²) in [4.78, 5) is 15.3. The molecule has 0 aliphatic rings. The van der Waals surface area contributed by atoms with Gasteiger partial charge >= 0.3 is 6.09 Å². The maximum absolute atomic E-state index is 11.4. The Bertz CT molecular complexity index is 354. The van der Waals surface area contributed by atoms with Crippen LogP contribution in [0.1, 0.15) is 20.8 Å². The van der Waals surface area contributed by atoms with Crippen LogP contribution in [0.25, 0.3) is 0 Å². The van der Waals surface area contributed by atoms with Gasteiger partial charge in [-0.2, -0.15) is 0 Å². The summed E-state index contributed by atoms with van der Waals surface area (Å²) < 4.78 is 9.97. The summed E-state index contributed by atoms with van der Waals surface area (Å²) in [6.45, 7) is 9.15. The van der Waals surface area contributed by atoms with E-state index in [1.54, 1.807) is 26.8 Å². The topological polar surface area (TPSA) is 85.9 Å². The standard InChI is InChI=1S/C12H21N3O3/c1-9(17-5)6-10(15-8-13)7-14-11(16)18-12(2,3)4/h6,8H,1,7H2,2-5H3,(H2,13,15)(H,14,16)/b10-6-. The van der Waals surface area contributed by atoms with E-state index in [-0.39, 0.29) is 6.54 Å². The van der Waals surface area contributed by atoms with Crippen LogP contribution in [-0.4, -0.2) is 31.7 Å². The molecule has 0 saturated heterocycles. The van der Waals surface area contributed by atoms with Crippen LogP contribution in [0.15, 0.2) is 29.1 Å². The number of carbonyl (C=O) groups excluding carboxylic acids is 1. The molecule has 0 atom stereocenters. The van der Waals surface area contributed by atoms with Crippen molar-refractivity contribution in [2.75, 3.05) is 13.7 Å². The molecule has 0 unspecified atom stereocenters. The number of alkyl carbamates (subject to hydrolysis) is 1. The lowest BCUT2D eigenvalue weighted by atomic mass is 10.2. The number of carbonyl (C=O) groups is 1. The van der Waals surface area contributed by atoms with Crippen LogP contribution >= 0.6 is 0 Å². The molecule has 0 aliphatic carbocycles. The highest BCUT2D eigenvalue weighted by atomic mass is 16.6. The van der Waals surface area contributed by atoms with Gasteiger partial charge in [-0.3, -0.25) is 0 Å². The Balaban J connectivity index is 4.41. The van der Waals surface area contributed by atoms with Crippen molar-refractivity contribution < 1.29 is 14.3 Å². The largest absolute Gasteiger partial charge is 0.497 e. The molecule has 1 amide bonds. The number of nitrogens with one attached hydrogen (secondary N) is 1. The van der Waals surface area contributed by atoms with E-state index < -0.39 is 11.7 Å². The van der Waals surface area contributed by atoms with Crippen LogP contribution in [-0.2, 0) is 9.47 Å². The number of methoxy groups -OCH3 is 1. The highest BCUT2D eigenvalue weighted by Gasteiger charge is 2.15. The lowest BCUT2D eigenvalue weighted by molar-refractivity contribution is 0.0532. The molecular formula is C12H21N3O3. The van der Waals surface area contributed by atoms with Crippen molar-refractivity contribution in [3.05, 3.63) is 24.1 Å². The van der Waals surface area contributed by atoms with Crippen LogP contribution in [0.2, 0.25) is 0 Å². The second-order valence-corrected chi connectivity index (χ2v) is 4.44. The number of nitrogens with zero attached hydrogens (tertiary/aromatic N) is 1. The number of amides is 1. The number of aliphatic imine (C=N–C) groups is 1. The highest BCUT2D eigenvalue weighted by molar-refractivity contribution is 5.68. The van der Waals surface area contributed by atoms with Crippen LogP contribution in [0.4, 0.5) is 4.79 Å². The van der Waals surface area contributed by atoms with Gasteiger partial charge in [-0.25, -0.2) is 9.79 Å². The molecule has 0 bridgehead atoms. The zero-order valence-electron chi connectivity index (χ0n) is 11.3. The van der Waals surface area contributed by atoms with Gasteiger partial charge in [-0.05, 0) is 20.8 Å². The lowest BCUT2D eigenvalue weighted by Crippen LogP contribution is -2.33. The summed E-state index contributed by atoms with van der Waals surface area (Å²) in [7, 11) is 1.49. The lowest BCUT2D eigenvalue weighted by Gasteiger charge is -2.19. The minimum absolute atomic E-state index is 0.172. The number of allylic oxidation sites excluding steroid dienone is 1. The Morgan fingerprint density at radius 1 is 1.50 bits per heavy atom. The maximum atomic E-state index is 11.4. The Hall–Kier alpha value is -1.98. The summed E-state index contributed by atoms with van der Waals surface area (Å²) in [5.74, 6) is 0.418. The third-order valence-corrected chi connectivity index (χ3v) is 1.64. The van der Waals surface area contributed by atoms with Gasteiger partial charge in [-0.15, -0.1) is 0 Å². The average Bonchev–Trinajstić information content (AvgIpc) is 2.23. The summed E-state index contributed by atoms with van der Waals surface area (Å²) in [5, 5.41) is 2.56. The Kier molecular flexibility index (Phi) is 6.56. The maximum Gasteiger partial charge on any atom is 0.407 e. The molecule has 6 nitrogen and oxygen atoms in total. The SMILES string of the molecule is C=C(/C=C(/CNC(=O)OC(C)(C)C)N=CN)OC. The Labute approximate surface area is 108 Å². The number of rotatable bonds is 5. The fourth-order valence-corrected chi connectivity index (χ4v) is 0.951. The molecule has 0 heterocycles. The monoisotopic (exact) mass is 255 g/mol. The predicted octanol–water partition coefficient (Wildman–Crippen LogP) is 1.54. The van der Waals surface area contributed by atoms with Gasteiger partial charge in [0.25, 0.3) is 0 Å². The summed E-state index contributed by atoms with van der Waals surface area (Å²) in [6, 6.07) is 0. The summed E-state index contributed by atoms with van der Waals surface area (Å²) in [6.07, 6.45) is 2.18. The second kappa shape index (κ2) is 7.37. The van der Waals surface area contributed by atoms with Gasteiger partial charge in [0.15, 0.2) is 0 Å². The molecule has 0 radical (unpaired) electrons. The van der Waals surface area contributed by atoms with Crippen molar-refractivity contribution >= 4 is 12.4 Å². The molecule has 18 heavy (non-hydrogen) atoms. The van der Waals surface area contributed by atoms with Crippen LogP contribution in [0, 0.1) is 0 Å². The Morgan fingerprint density at radius 3 is 2.56 bits per heavy atom. The van der Waals surface area contributed by atoms with E-state index in [1.807, 2.05) is 0 Å². The first kappa shape index (κ1) is 16.0. The number of ether oxygens (including phenoxy) is 2. The molecule has 0 spiro atoms. The minimum atomic E-state index is -0.540. The van der Waals surface area contributed by atoms with Crippen molar-refractivity contribution in [3.8, 4) is 0 Å². The van der Waals surface area contributed by atoms with Crippen molar-refractivity contribution in [1.82, 2.24) is 5.32 Å². The van der Waals surface area contributed by atoms with Crippen LogP contribution in [0.3, 0.4) is 0 Å². The highest BCUT2D eigenvalue weighted by Crippen LogP contribution is 2.07. The van der Waals surface area contributed by atoms with E-state index in [2.05, 4.69) is 16.9 Å². The zero-order valence-corrected chi connectivity index (χ0v) is 11.3. The van der Waals surface area contributed by atoms with Crippen LogP contribution in [0.5, 0.6) is 0 Å². The normalized spacial score (nSPS) is 12.3. The molecular weight excluding hydrogens is 234 g/mol. The van der Waals surface area contributed by atoms with Gasteiger partial charge in [0.1, 0.15) is 11.4 Å². The van der Waals surface area contributed by atoms with E-state index in [1.165, 1.54) is 7.11 Å². The van der Waals surface area contributed by atoms with Gasteiger partial charge < -0.3 is 20.5 Å². The summed E-state index contributed by atoms with van der Waals surface area (Å²) >= 11 is 0. The van der Waals surface area contributed by atoms with Crippen LogP contribution < -0.4 is 11.1 Å². The third kappa shape index (κ3) is 8.20. The summed E-state index contributed by atoms with van der Waals surface area (Å²) in [5.41, 5.74) is 5.18. The first-order valence-electron chi connectivity index (χ1n) is 5.43. The molecule has 0 aliphatic heterocycles. The minimum Gasteiger partial charge on any atom is -0.497 e. The fraction of sp³-hybridized carbons (Fsp3) is 0.500. The number of hydrogen-bond donors (Lipinski definition) is 2. The van der Waals surface area contributed by atoms with E-state index in [0.29, 0.717) is 11.5 Å². The van der Waals surface area contributed by atoms with E-state index in [9.17, 15) is 4.79 Å². The second-order valence-electron chi connectivity index (χ2n) is 4.44. The van der Waals surface area contributed by atoms with E-state index >= 15 is 0 Å². The average molecular weight is 255 g/mol. The fourth-order valence-electron chi connectivity index (χ4n) is 0.951. The van der Waals surface area contributed by atoms with Gasteiger partial charge in [-0.1, -0.05) is 6.58 Å². The molecule has 0 aromatic carbocycles. The first-order valence-corrected chi connectivity index (χ1v) is 5.43. The zero-order chi connectivity index (χ0) is 14.2.